The minimum atomic E-state index is 0.903. The summed E-state index contributed by atoms with van der Waals surface area (Å²) < 4.78 is 5.08. The zero-order valence-corrected chi connectivity index (χ0v) is 9.02. The predicted molar refractivity (Wildman–Crippen MR) is 60.2 cm³/mol. The van der Waals surface area contributed by atoms with Crippen molar-refractivity contribution >= 4 is 17.3 Å². The van der Waals surface area contributed by atoms with Crippen LogP contribution in [0, 0.1) is 0 Å². The molecule has 0 aliphatic heterocycles. The van der Waals surface area contributed by atoms with E-state index in [1.165, 1.54) is 11.1 Å². The number of hydrogen-bond acceptors (Lipinski definition) is 2. The van der Waals surface area contributed by atoms with Gasteiger partial charge in [-0.05, 0) is 41.9 Å². The molecule has 0 radical (unpaired) electrons. The van der Waals surface area contributed by atoms with Crippen LogP contribution in [0.15, 0.2) is 29.7 Å². The predicted octanol–water partition coefficient (Wildman–Crippen LogP) is 3.42. The van der Waals surface area contributed by atoms with Crippen molar-refractivity contribution in [1.82, 2.24) is 0 Å². The smallest absolute Gasteiger partial charge is 0.118 e. The summed E-state index contributed by atoms with van der Waals surface area (Å²) in [7, 11) is 1.68. The third kappa shape index (κ3) is 2.81. The van der Waals surface area contributed by atoms with Crippen molar-refractivity contribution in [3.05, 3.63) is 35.2 Å². The molecule has 2 heteroatoms. The van der Waals surface area contributed by atoms with Gasteiger partial charge in [0.25, 0.3) is 0 Å². The molecule has 0 aliphatic carbocycles. The Labute approximate surface area is 83.8 Å². The summed E-state index contributed by atoms with van der Waals surface area (Å²) in [5.74, 6) is 0.903. The summed E-state index contributed by atoms with van der Waals surface area (Å²) in [6.45, 7) is 2.11. The molecule has 0 atom stereocenters. The van der Waals surface area contributed by atoms with Gasteiger partial charge >= 0.3 is 0 Å². The third-order valence-electron chi connectivity index (χ3n) is 1.84. The fraction of sp³-hybridized carbons (Fsp3) is 0.273. The summed E-state index contributed by atoms with van der Waals surface area (Å²) in [4.78, 5) is 0. The largest absolute Gasteiger partial charge is 0.497 e. The van der Waals surface area contributed by atoms with Gasteiger partial charge in [0.15, 0.2) is 0 Å². The van der Waals surface area contributed by atoms with Gasteiger partial charge in [-0.25, -0.2) is 0 Å². The molecule has 1 nitrogen and oxygen atoms in total. The maximum Gasteiger partial charge on any atom is 0.118 e. The normalized spacial score (nSPS) is 11.5. The van der Waals surface area contributed by atoms with Crippen LogP contribution in [0.25, 0.3) is 5.57 Å². The van der Waals surface area contributed by atoms with Crippen LogP contribution in [-0.4, -0.2) is 13.4 Å². The fourth-order valence-corrected chi connectivity index (χ4v) is 1.59. The average molecular weight is 194 g/mol. The first-order valence-corrected chi connectivity index (χ1v) is 5.40. The minimum absolute atomic E-state index is 0.903. The summed E-state index contributed by atoms with van der Waals surface area (Å²) in [6.07, 6.45) is 2.06. The topological polar surface area (TPSA) is 9.23 Å². The lowest BCUT2D eigenvalue weighted by atomic mass is 10.1. The average Bonchev–Trinajstić information content (AvgIpc) is 2.18. The van der Waals surface area contributed by atoms with E-state index in [4.69, 9.17) is 4.74 Å². The third-order valence-corrected chi connectivity index (χ3v) is 2.43. The van der Waals surface area contributed by atoms with Gasteiger partial charge in [0, 0.05) is 0 Å². The molecule has 1 aromatic rings. The van der Waals surface area contributed by atoms with Gasteiger partial charge in [-0.3, -0.25) is 0 Å². The van der Waals surface area contributed by atoms with Crippen LogP contribution in [0.3, 0.4) is 0 Å². The molecule has 1 aromatic carbocycles. The van der Waals surface area contributed by atoms with Crippen LogP contribution < -0.4 is 4.74 Å². The van der Waals surface area contributed by atoms with Crippen LogP contribution in [-0.2, 0) is 0 Å². The lowest BCUT2D eigenvalue weighted by molar-refractivity contribution is 0.415. The molecule has 70 valence electrons. The van der Waals surface area contributed by atoms with Crippen LogP contribution in [0.2, 0.25) is 0 Å². The Balaban J connectivity index is 2.85. The first-order chi connectivity index (χ1) is 6.27. The summed E-state index contributed by atoms with van der Waals surface area (Å²) in [5, 5.41) is 2.14. The van der Waals surface area contributed by atoms with Gasteiger partial charge in [-0.1, -0.05) is 12.1 Å². The van der Waals surface area contributed by atoms with E-state index in [1.807, 2.05) is 12.1 Å². The van der Waals surface area contributed by atoms with Gasteiger partial charge in [-0.2, -0.15) is 0 Å². The molecule has 0 aliphatic rings. The van der Waals surface area contributed by atoms with Crippen molar-refractivity contribution < 1.29 is 4.74 Å². The lowest BCUT2D eigenvalue weighted by Crippen LogP contribution is -1.83. The number of ether oxygens (including phenoxy) is 1. The number of rotatable bonds is 3. The van der Waals surface area contributed by atoms with Crippen LogP contribution in [0.4, 0.5) is 0 Å². The number of thioether (sulfide) groups is 1. The monoisotopic (exact) mass is 194 g/mol. The van der Waals surface area contributed by atoms with E-state index in [2.05, 4.69) is 30.7 Å². The van der Waals surface area contributed by atoms with E-state index < -0.39 is 0 Å². The second-order valence-electron chi connectivity index (χ2n) is 2.77. The Morgan fingerprint density at radius 1 is 1.31 bits per heavy atom. The molecule has 0 saturated heterocycles. The molecule has 0 amide bonds. The second-order valence-corrected chi connectivity index (χ2v) is 3.47. The van der Waals surface area contributed by atoms with Crippen molar-refractivity contribution in [3.8, 4) is 5.75 Å². The highest BCUT2D eigenvalue weighted by molar-refractivity contribution is 8.01. The molecule has 0 N–H and O–H groups in total. The second kappa shape index (κ2) is 4.97. The van der Waals surface area contributed by atoms with Crippen LogP contribution in [0.1, 0.15) is 12.5 Å². The van der Waals surface area contributed by atoms with E-state index in [9.17, 15) is 0 Å². The highest BCUT2D eigenvalue weighted by Crippen LogP contribution is 2.19. The van der Waals surface area contributed by atoms with Gasteiger partial charge in [0.1, 0.15) is 5.75 Å². The molecule has 0 spiro atoms. The van der Waals surface area contributed by atoms with Crippen LogP contribution >= 0.6 is 11.8 Å². The Morgan fingerprint density at radius 3 is 2.38 bits per heavy atom. The van der Waals surface area contributed by atoms with Crippen molar-refractivity contribution in [2.75, 3.05) is 13.4 Å². The Bertz CT molecular complexity index is 287. The maximum atomic E-state index is 5.08. The highest BCUT2D eigenvalue weighted by atomic mass is 32.2. The first kappa shape index (κ1) is 10.2. The Morgan fingerprint density at radius 2 is 1.92 bits per heavy atom. The van der Waals surface area contributed by atoms with Gasteiger partial charge in [-0.15, -0.1) is 11.8 Å². The molecule has 1 rings (SSSR count). The molecule has 0 saturated carbocycles. The van der Waals surface area contributed by atoms with Gasteiger partial charge in [0.2, 0.25) is 0 Å². The Kier molecular flexibility index (Phi) is 3.90. The summed E-state index contributed by atoms with van der Waals surface area (Å²) in [6, 6.07) is 8.10. The molecule has 13 heavy (non-hydrogen) atoms. The van der Waals surface area contributed by atoms with Crippen molar-refractivity contribution in [2.45, 2.75) is 6.92 Å². The fourth-order valence-electron chi connectivity index (χ4n) is 1.10. The van der Waals surface area contributed by atoms with Crippen molar-refractivity contribution in [1.29, 1.82) is 0 Å². The molecule has 0 fully saturated rings. The SMILES string of the molecule is COc1ccc(/C(C)=C/SC)cc1. The lowest BCUT2D eigenvalue weighted by Gasteiger charge is -2.02. The van der Waals surface area contributed by atoms with E-state index in [-0.39, 0.29) is 0 Å². The number of benzene rings is 1. The molecule has 0 bridgehead atoms. The quantitative estimate of drug-likeness (QED) is 0.729. The molecular formula is C11H14OS. The summed E-state index contributed by atoms with van der Waals surface area (Å²) in [5.41, 5.74) is 2.53. The highest BCUT2D eigenvalue weighted by Gasteiger charge is 1.95. The van der Waals surface area contributed by atoms with Crippen molar-refractivity contribution in [3.63, 3.8) is 0 Å². The summed E-state index contributed by atoms with van der Waals surface area (Å²) >= 11 is 1.72. The molecule has 0 heterocycles. The van der Waals surface area contributed by atoms with Gasteiger partial charge in [0.05, 0.1) is 7.11 Å². The van der Waals surface area contributed by atoms with E-state index in [0.29, 0.717) is 0 Å². The van der Waals surface area contributed by atoms with E-state index >= 15 is 0 Å². The zero-order chi connectivity index (χ0) is 9.68. The first-order valence-electron chi connectivity index (χ1n) is 4.12. The number of allylic oxidation sites excluding steroid dienone is 1. The zero-order valence-electron chi connectivity index (χ0n) is 8.20. The van der Waals surface area contributed by atoms with E-state index in [1.54, 1.807) is 18.9 Å². The number of hydrogen-bond donors (Lipinski definition) is 0. The molecule has 0 aromatic heterocycles. The van der Waals surface area contributed by atoms with E-state index in [0.717, 1.165) is 5.75 Å². The number of methoxy groups -OCH3 is 1. The Hall–Kier alpha value is -0.890. The van der Waals surface area contributed by atoms with Crippen molar-refractivity contribution in [2.24, 2.45) is 0 Å². The standard InChI is InChI=1S/C11H14OS/c1-9(8-13-3)10-4-6-11(12-2)7-5-10/h4-8H,1-3H3/b9-8+. The maximum absolute atomic E-state index is 5.08. The van der Waals surface area contributed by atoms with Gasteiger partial charge < -0.3 is 4.74 Å². The molecule has 0 unspecified atom stereocenters. The van der Waals surface area contributed by atoms with Crippen LogP contribution in [0.5, 0.6) is 5.75 Å². The molecular weight excluding hydrogens is 180 g/mol. The minimum Gasteiger partial charge on any atom is -0.497 e.